The zero-order chi connectivity index (χ0) is 19.4. The number of fused-ring (bicyclic) bond motifs is 1. The molecule has 0 unspecified atom stereocenters. The van der Waals surface area contributed by atoms with Gasteiger partial charge in [0.15, 0.2) is 11.5 Å². The van der Waals surface area contributed by atoms with Crippen molar-refractivity contribution in [3.63, 3.8) is 0 Å². The van der Waals surface area contributed by atoms with Gasteiger partial charge in [-0.3, -0.25) is 4.79 Å². The van der Waals surface area contributed by atoms with Crippen LogP contribution in [0.5, 0.6) is 17.2 Å². The van der Waals surface area contributed by atoms with E-state index in [0.717, 1.165) is 4.31 Å². The Balaban J connectivity index is 1.73. The molecule has 1 amide bonds. The van der Waals surface area contributed by atoms with Crippen LogP contribution in [0, 0.1) is 0 Å². The highest BCUT2D eigenvalue weighted by Crippen LogP contribution is 2.32. The minimum atomic E-state index is -3.91. The van der Waals surface area contributed by atoms with Crippen molar-refractivity contribution in [1.29, 1.82) is 0 Å². The number of phenolic OH excluding ortho intramolecular Hbond substituents is 1. The summed E-state index contributed by atoms with van der Waals surface area (Å²) in [5.74, 6) is 0.184. The number of nitrogens with one attached hydrogen (secondary N) is 1. The van der Waals surface area contributed by atoms with Gasteiger partial charge >= 0.3 is 0 Å². The number of para-hydroxylation sites is 2. The number of hydrogen-bond donors (Lipinski definition) is 2. The number of rotatable bonds is 5. The predicted octanol–water partition coefficient (Wildman–Crippen LogP) is 1.81. The Morgan fingerprint density at radius 3 is 2.59 bits per heavy atom. The van der Waals surface area contributed by atoms with E-state index in [-0.39, 0.29) is 16.3 Å². The number of amides is 1. The Kier molecular flexibility index (Phi) is 5.52. The van der Waals surface area contributed by atoms with Gasteiger partial charge in [0.05, 0.1) is 30.3 Å². The number of carbonyl (C=O) groups is 1. The van der Waals surface area contributed by atoms with Crippen molar-refractivity contribution in [2.45, 2.75) is 11.3 Å². The fourth-order valence-electron chi connectivity index (χ4n) is 2.54. The molecule has 0 aliphatic carbocycles. The Hall–Kier alpha value is -2.78. The molecular formula is C18H20N2O6S. The number of phenols is 1. The molecule has 0 spiro atoms. The lowest BCUT2D eigenvalue weighted by Crippen LogP contribution is -2.35. The molecule has 0 saturated carbocycles. The largest absolute Gasteiger partial charge is 0.506 e. The third-order valence-corrected chi connectivity index (χ3v) is 5.77. The molecule has 0 aromatic heterocycles. The first-order valence-corrected chi connectivity index (χ1v) is 9.76. The Morgan fingerprint density at radius 2 is 1.85 bits per heavy atom. The first kappa shape index (κ1) is 19.0. The van der Waals surface area contributed by atoms with Crippen LogP contribution in [0.4, 0.5) is 5.69 Å². The average molecular weight is 392 g/mol. The lowest BCUT2D eigenvalue weighted by molar-refractivity contribution is -0.116. The summed E-state index contributed by atoms with van der Waals surface area (Å²) in [7, 11) is -2.60. The number of hydrogen-bond acceptors (Lipinski definition) is 6. The van der Waals surface area contributed by atoms with Crippen molar-refractivity contribution in [2.75, 3.05) is 32.1 Å². The second-order valence-corrected chi connectivity index (χ2v) is 8.03. The Labute approximate surface area is 157 Å². The van der Waals surface area contributed by atoms with Crippen molar-refractivity contribution in [3.05, 3.63) is 42.5 Å². The van der Waals surface area contributed by atoms with Crippen molar-refractivity contribution < 1.29 is 27.8 Å². The minimum absolute atomic E-state index is 0.00427. The van der Waals surface area contributed by atoms with Crippen molar-refractivity contribution in [2.24, 2.45) is 0 Å². The Bertz CT molecular complexity index is 945. The van der Waals surface area contributed by atoms with Crippen LogP contribution in [0.25, 0.3) is 0 Å². The molecule has 2 N–H and O–H groups in total. The molecule has 0 saturated heterocycles. The predicted molar refractivity (Wildman–Crippen MR) is 98.6 cm³/mol. The van der Waals surface area contributed by atoms with Gasteiger partial charge in [-0.2, -0.15) is 4.31 Å². The Morgan fingerprint density at radius 1 is 1.15 bits per heavy atom. The number of anilines is 1. The summed E-state index contributed by atoms with van der Waals surface area (Å²) < 4.78 is 37.5. The van der Waals surface area contributed by atoms with Gasteiger partial charge in [-0.1, -0.05) is 12.1 Å². The molecule has 9 heteroatoms. The van der Waals surface area contributed by atoms with Gasteiger partial charge in [0.1, 0.15) is 5.75 Å². The normalized spacial score (nSPS) is 13.9. The second kappa shape index (κ2) is 7.85. The average Bonchev–Trinajstić information content (AvgIpc) is 2.88. The van der Waals surface area contributed by atoms with Crippen molar-refractivity contribution in [3.8, 4) is 17.2 Å². The fourth-order valence-corrected chi connectivity index (χ4v) is 3.68. The molecule has 8 nitrogen and oxygen atoms in total. The van der Waals surface area contributed by atoms with Gasteiger partial charge in [-0.15, -0.1) is 0 Å². The quantitative estimate of drug-likeness (QED) is 0.752. The molecule has 0 atom stereocenters. The number of carbonyl (C=O) groups excluding carboxylic acids is 1. The molecule has 1 heterocycles. The third kappa shape index (κ3) is 4.32. The SMILES string of the molecule is CN(CC(=O)Nc1ccccc1O)S(=O)(=O)c1ccc2c(c1)OCCCO2. The molecule has 27 heavy (non-hydrogen) atoms. The van der Waals surface area contributed by atoms with Crippen LogP contribution >= 0.6 is 0 Å². The van der Waals surface area contributed by atoms with Crippen molar-refractivity contribution >= 4 is 21.6 Å². The summed E-state index contributed by atoms with van der Waals surface area (Å²) in [6.45, 7) is 0.534. The minimum Gasteiger partial charge on any atom is -0.506 e. The fraction of sp³-hybridized carbons (Fsp3) is 0.278. The van der Waals surface area contributed by atoms with Gasteiger partial charge in [0.25, 0.3) is 0 Å². The lowest BCUT2D eigenvalue weighted by Gasteiger charge is -2.18. The van der Waals surface area contributed by atoms with Crippen LogP contribution in [0.15, 0.2) is 47.4 Å². The smallest absolute Gasteiger partial charge is 0.243 e. The van der Waals surface area contributed by atoms with E-state index in [1.807, 2.05) is 0 Å². The highest BCUT2D eigenvalue weighted by atomic mass is 32.2. The molecular weight excluding hydrogens is 372 g/mol. The highest BCUT2D eigenvalue weighted by Gasteiger charge is 2.25. The molecule has 144 valence electrons. The maximum atomic E-state index is 12.8. The van der Waals surface area contributed by atoms with E-state index >= 15 is 0 Å². The van der Waals surface area contributed by atoms with Crippen LogP contribution in [0.3, 0.4) is 0 Å². The maximum absolute atomic E-state index is 12.8. The van der Waals surface area contributed by atoms with Crippen LogP contribution in [0.2, 0.25) is 0 Å². The van der Waals surface area contributed by atoms with Gasteiger partial charge in [-0.05, 0) is 24.3 Å². The number of ether oxygens (including phenoxy) is 2. The standard InChI is InChI=1S/C18H20N2O6S/c1-20(12-18(22)19-14-5-2-3-6-15(14)21)27(23,24)13-7-8-16-17(11-13)26-10-4-9-25-16/h2-3,5-8,11,21H,4,9-10,12H2,1H3,(H,19,22). The molecule has 0 radical (unpaired) electrons. The molecule has 2 aromatic rings. The van der Waals surface area contributed by atoms with Crippen molar-refractivity contribution in [1.82, 2.24) is 4.31 Å². The van der Waals surface area contributed by atoms with E-state index < -0.39 is 22.5 Å². The summed E-state index contributed by atoms with van der Waals surface area (Å²) in [5, 5.41) is 12.2. The first-order chi connectivity index (χ1) is 12.9. The monoisotopic (exact) mass is 392 g/mol. The van der Waals surface area contributed by atoms with Gasteiger partial charge < -0.3 is 19.9 Å². The lowest BCUT2D eigenvalue weighted by atomic mass is 10.3. The molecule has 3 rings (SSSR count). The number of likely N-dealkylation sites (N-methyl/N-ethyl adjacent to an activating group) is 1. The number of nitrogens with zero attached hydrogens (tertiary/aromatic N) is 1. The zero-order valence-corrected chi connectivity index (χ0v) is 15.5. The first-order valence-electron chi connectivity index (χ1n) is 8.32. The second-order valence-electron chi connectivity index (χ2n) is 5.99. The number of sulfonamides is 1. The van der Waals surface area contributed by atoms with Crippen LogP contribution in [-0.4, -0.2) is 50.5 Å². The van der Waals surface area contributed by atoms with Crippen LogP contribution < -0.4 is 14.8 Å². The van der Waals surface area contributed by atoms with E-state index in [2.05, 4.69) is 5.32 Å². The summed E-state index contributed by atoms with van der Waals surface area (Å²) in [6, 6.07) is 10.6. The highest BCUT2D eigenvalue weighted by molar-refractivity contribution is 7.89. The molecule has 1 aliphatic heterocycles. The molecule has 2 aromatic carbocycles. The number of benzene rings is 2. The zero-order valence-electron chi connectivity index (χ0n) is 14.7. The van der Waals surface area contributed by atoms with E-state index in [0.29, 0.717) is 31.1 Å². The molecule has 0 fully saturated rings. The van der Waals surface area contributed by atoms with Gasteiger partial charge in [0.2, 0.25) is 15.9 Å². The maximum Gasteiger partial charge on any atom is 0.243 e. The van der Waals surface area contributed by atoms with E-state index in [4.69, 9.17) is 9.47 Å². The summed E-state index contributed by atoms with van der Waals surface area (Å²) in [5.41, 5.74) is 0.212. The van der Waals surface area contributed by atoms with Gasteiger partial charge in [-0.25, -0.2) is 8.42 Å². The summed E-state index contributed by atoms with van der Waals surface area (Å²) >= 11 is 0. The topological polar surface area (TPSA) is 105 Å². The summed E-state index contributed by atoms with van der Waals surface area (Å²) in [6.07, 6.45) is 0.711. The van der Waals surface area contributed by atoms with Gasteiger partial charge in [0, 0.05) is 19.5 Å². The van der Waals surface area contributed by atoms with E-state index in [1.54, 1.807) is 18.2 Å². The molecule has 1 aliphatic rings. The van der Waals surface area contributed by atoms with Crippen LogP contribution in [0.1, 0.15) is 6.42 Å². The summed E-state index contributed by atoms with van der Waals surface area (Å²) in [4.78, 5) is 12.2. The van der Waals surface area contributed by atoms with Crippen LogP contribution in [-0.2, 0) is 14.8 Å². The van der Waals surface area contributed by atoms with E-state index in [9.17, 15) is 18.3 Å². The number of aromatic hydroxyl groups is 1. The molecule has 0 bridgehead atoms. The van der Waals surface area contributed by atoms with E-state index in [1.165, 1.54) is 31.3 Å². The third-order valence-electron chi connectivity index (χ3n) is 3.97.